The summed E-state index contributed by atoms with van der Waals surface area (Å²) in [6, 6.07) is 8.71. The molecule has 0 aliphatic carbocycles. The van der Waals surface area contributed by atoms with Gasteiger partial charge in [-0.2, -0.15) is 13.2 Å². The summed E-state index contributed by atoms with van der Waals surface area (Å²) in [5.41, 5.74) is -0.635. The fourth-order valence-electron chi connectivity index (χ4n) is 1.70. The molecule has 0 heterocycles. The molecule has 4 heteroatoms. The SMILES string of the molecule is COc1ccc(C(F)(F)F)c2ccccc12. The van der Waals surface area contributed by atoms with Gasteiger partial charge in [-0.25, -0.2) is 0 Å². The van der Waals surface area contributed by atoms with Crippen LogP contribution in [0, 0.1) is 0 Å². The van der Waals surface area contributed by atoms with E-state index in [1.165, 1.54) is 19.2 Å². The summed E-state index contributed by atoms with van der Waals surface area (Å²) in [5.74, 6) is 0.448. The minimum Gasteiger partial charge on any atom is -0.496 e. The predicted molar refractivity (Wildman–Crippen MR) is 55.5 cm³/mol. The van der Waals surface area contributed by atoms with Crippen molar-refractivity contribution in [3.63, 3.8) is 0 Å². The van der Waals surface area contributed by atoms with Crippen LogP contribution in [0.15, 0.2) is 36.4 Å². The smallest absolute Gasteiger partial charge is 0.417 e. The molecule has 2 aromatic rings. The third-order valence-electron chi connectivity index (χ3n) is 2.41. The maximum absolute atomic E-state index is 12.7. The second-order valence-corrected chi connectivity index (χ2v) is 3.36. The van der Waals surface area contributed by atoms with E-state index in [-0.39, 0.29) is 5.39 Å². The Balaban J connectivity index is 2.80. The molecule has 0 unspecified atom stereocenters. The number of ether oxygens (including phenoxy) is 1. The molecular weight excluding hydrogens is 217 g/mol. The van der Waals surface area contributed by atoms with Gasteiger partial charge >= 0.3 is 6.18 Å². The lowest BCUT2D eigenvalue weighted by Crippen LogP contribution is -2.05. The molecular formula is C12H9F3O. The first-order valence-electron chi connectivity index (χ1n) is 4.67. The third-order valence-corrected chi connectivity index (χ3v) is 2.41. The van der Waals surface area contributed by atoms with Crippen molar-refractivity contribution < 1.29 is 17.9 Å². The van der Waals surface area contributed by atoms with Gasteiger partial charge in [-0.1, -0.05) is 24.3 Å². The molecule has 16 heavy (non-hydrogen) atoms. The molecule has 0 atom stereocenters. The Morgan fingerprint density at radius 2 is 1.56 bits per heavy atom. The van der Waals surface area contributed by atoms with E-state index in [1.54, 1.807) is 18.2 Å². The largest absolute Gasteiger partial charge is 0.496 e. The first kappa shape index (κ1) is 10.8. The van der Waals surface area contributed by atoms with Crippen LogP contribution in [0.2, 0.25) is 0 Å². The van der Waals surface area contributed by atoms with Crippen molar-refractivity contribution in [1.29, 1.82) is 0 Å². The molecule has 0 saturated heterocycles. The first-order valence-corrected chi connectivity index (χ1v) is 4.67. The molecule has 0 spiro atoms. The Bertz CT molecular complexity index is 517. The quantitative estimate of drug-likeness (QED) is 0.717. The molecule has 2 rings (SSSR count). The van der Waals surface area contributed by atoms with Gasteiger partial charge in [0.15, 0.2) is 0 Å². The highest BCUT2D eigenvalue weighted by molar-refractivity contribution is 5.91. The number of hydrogen-bond donors (Lipinski definition) is 0. The van der Waals surface area contributed by atoms with E-state index in [2.05, 4.69) is 0 Å². The fraction of sp³-hybridized carbons (Fsp3) is 0.167. The number of halogens is 3. The lowest BCUT2D eigenvalue weighted by Gasteiger charge is -2.12. The van der Waals surface area contributed by atoms with Gasteiger partial charge in [0, 0.05) is 5.39 Å². The van der Waals surface area contributed by atoms with E-state index in [0.717, 1.165) is 6.07 Å². The van der Waals surface area contributed by atoms with Crippen LogP contribution in [0.25, 0.3) is 10.8 Å². The van der Waals surface area contributed by atoms with Crippen molar-refractivity contribution >= 4 is 10.8 Å². The molecule has 1 nitrogen and oxygen atoms in total. The third kappa shape index (κ3) is 1.71. The molecule has 0 saturated carbocycles. The Morgan fingerprint density at radius 3 is 2.12 bits per heavy atom. The first-order chi connectivity index (χ1) is 7.54. The van der Waals surface area contributed by atoms with Gasteiger partial charge in [-0.3, -0.25) is 0 Å². The summed E-state index contributed by atoms with van der Waals surface area (Å²) in [5, 5.41) is 0.633. The Labute approximate surface area is 90.5 Å². The molecule has 2 aromatic carbocycles. The Hall–Kier alpha value is -1.71. The van der Waals surface area contributed by atoms with E-state index in [4.69, 9.17) is 4.74 Å². The van der Waals surface area contributed by atoms with Crippen LogP contribution >= 0.6 is 0 Å². The zero-order valence-electron chi connectivity index (χ0n) is 8.51. The van der Waals surface area contributed by atoms with Crippen LogP contribution in [0.5, 0.6) is 5.75 Å². The van der Waals surface area contributed by atoms with Crippen LogP contribution in [0.3, 0.4) is 0 Å². The summed E-state index contributed by atoms with van der Waals surface area (Å²) in [4.78, 5) is 0. The topological polar surface area (TPSA) is 9.23 Å². The van der Waals surface area contributed by atoms with Crippen LogP contribution in [0.1, 0.15) is 5.56 Å². The minimum absolute atomic E-state index is 0.161. The Kier molecular flexibility index (Phi) is 2.50. The maximum Gasteiger partial charge on any atom is 0.417 e. The van der Waals surface area contributed by atoms with Gasteiger partial charge < -0.3 is 4.74 Å². The van der Waals surface area contributed by atoms with Gasteiger partial charge in [-0.05, 0) is 17.5 Å². The number of benzene rings is 2. The summed E-state index contributed by atoms with van der Waals surface area (Å²) >= 11 is 0. The summed E-state index contributed by atoms with van der Waals surface area (Å²) < 4.78 is 43.2. The predicted octanol–water partition coefficient (Wildman–Crippen LogP) is 3.87. The highest BCUT2D eigenvalue weighted by Crippen LogP contribution is 2.37. The average Bonchev–Trinajstić information content (AvgIpc) is 2.26. The van der Waals surface area contributed by atoms with E-state index in [0.29, 0.717) is 11.1 Å². The zero-order valence-corrected chi connectivity index (χ0v) is 8.51. The zero-order chi connectivity index (χ0) is 11.8. The molecule has 0 fully saturated rings. The lowest BCUT2D eigenvalue weighted by atomic mass is 10.0. The van der Waals surface area contributed by atoms with E-state index in [9.17, 15) is 13.2 Å². The van der Waals surface area contributed by atoms with Crippen molar-refractivity contribution in [2.24, 2.45) is 0 Å². The van der Waals surface area contributed by atoms with Crippen molar-refractivity contribution in [3.05, 3.63) is 42.0 Å². The molecule has 84 valence electrons. The van der Waals surface area contributed by atoms with Gasteiger partial charge in [-0.15, -0.1) is 0 Å². The van der Waals surface area contributed by atoms with Crippen LogP contribution in [-0.2, 0) is 6.18 Å². The van der Waals surface area contributed by atoms with Crippen LogP contribution in [-0.4, -0.2) is 7.11 Å². The number of methoxy groups -OCH3 is 1. The monoisotopic (exact) mass is 226 g/mol. The number of hydrogen-bond acceptors (Lipinski definition) is 1. The molecule has 0 N–H and O–H groups in total. The van der Waals surface area contributed by atoms with Crippen LogP contribution in [0.4, 0.5) is 13.2 Å². The summed E-state index contributed by atoms with van der Waals surface area (Å²) in [6.07, 6.45) is -4.34. The molecule has 0 aliphatic heterocycles. The standard InChI is InChI=1S/C12H9F3O/c1-16-11-7-6-10(12(13,14)15)8-4-2-3-5-9(8)11/h2-7H,1H3. The molecule has 0 aromatic heterocycles. The molecule has 0 radical (unpaired) electrons. The molecule has 0 bridgehead atoms. The highest BCUT2D eigenvalue weighted by Gasteiger charge is 2.32. The number of rotatable bonds is 1. The molecule has 0 aliphatic rings. The Morgan fingerprint density at radius 1 is 0.938 bits per heavy atom. The summed E-state index contributed by atoms with van der Waals surface area (Å²) in [7, 11) is 1.44. The number of alkyl halides is 3. The van der Waals surface area contributed by atoms with Crippen molar-refractivity contribution in [2.75, 3.05) is 7.11 Å². The second-order valence-electron chi connectivity index (χ2n) is 3.36. The minimum atomic E-state index is -4.34. The van der Waals surface area contributed by atoms with Crippen molar-refractivity contribution in [1.82, 2.24) is 0 Å². The maximum atomic E-state index is 12.7. The average molecular weight is 226 g/mol. The fourth-order valence-corrected chi connectivity index (χ4v) is 1.70. The van der Waals surface area contributed by atoms with E-state index >= 15 is 0 Å². The van der Waals surface area contributed by atoms with Gasteiger partial charge in [0.1, 0.15) is 5.75 Å². The highest BCUT2D eigenvalue weighted by atomic mass is 19.4. The van der Waals surface area contributed by atoms with Gasteiger partial charge in [0.2, 0.25) is 0 Å². The van der Waals surface area contributed by atoms with Crippen molar-refractivity contribution in [2.45, 2.75) is 6.18 Å². The van der Waals surface area contributed by atoms with E-state index < -0.39 is 11.7 Å². The number of fused-ring (bicyclic) bond motifs is 1. The van der Waals surface area contributed by atoms with Gasteiger partial charge in [0.05, 0.1) is 12.7 Å². The summed E-state index contributed by atoms with van der Waals surface area (Å²) in [6.45, 7) is 0. The van der Waals surface area contributed by atoms with Gasteiger partial charge in [0.25, 0.3) is 0 Å². The van der Waals surface area contributed by atoms with E-state index in [1.807, 2.05) is 0 Å². The second kappa shape index (κ2) is 3.70. The molecule has 0 amide bonds. The van der Waals surface area contributed by atoms with Crippen molar-refractivity contribution in [3.8, 4) is 5.75 Å². The van der Waals surface area contributed by atoms with Crippen LogP contribution < -0.4 is 4.74 Å². The lowest BCUT2D eigenvalue weighted by molar-refractivity contribution is -0.136. The normalized spacial score (nSPS) is 11.8.